The van der Waals surface area contributed by atoms with E-state index in [4.69, 9.17) is 16.3 Å². The molecule has 30 heavy (non-hydrogen) atoms. The molecule has 1 aliphatic heterocycles. The van der Waals surface area contributed by atoms with Crippen LogP contribution in [0.25, 0.3) is 5.69 Å². The van der Waals surface area contributed by atoms with Crippen LogP contribution in [0.1, 0.15) is 33.6 Å². The first-order valence-corrected chi connectivity index (χ1v) is 10.2. The topological polar surface area (TPSA) is 63.6 Å². The van der Waals surface area contributed by atoms with Crippen molar-refractivity contribution in [1.82, 2.24) is 9.47 Å². The van der Waals surface area contributed by atoms with Crippen LogP contribution in [-0.4, -0.2) is 41.5 Å². The third-order valence-corrected chi connectivity index (χ3v) is 5.46. The molecule has 2 aromatic carbocycles. The normalized spacial score (nSPS) is 13.3. The summed E-state index contributed by atoms with van der Waals surface area (Å²) in [6.45, 7) is 1.55. The van der Waals surface area contributed by atoms with Gasteiger partial charge >= 0.3 is 0 Å². The molecule has 4 rings (SSSR count). The van der Waals surface area contributed by atoms with Crippen LogP contribution < -0.4 is 10.1 Å². The average Bonchev–Trinajstić information content (AvgIpc) is 3.47. The lowest BCUT2D eigenvalue weighted by atomic mass is 10.1. The number of carbonyl (C=O) groups excluding carboxylic acids is 2. The Morgan fingerprint density at radius 1 is 1.03 bits per heavy atom. The highest BCUT2D eigenvalue weighted by atomic mass is 35.5. The lowest BCUT2D eigenvalue weighted by molar-refractivity contribution is 0.0792. The summed E-state index contributed by atoms with van der Waals surface area (Å²) in [5.74, 6) is 0.0313. The van der Waals surface area contributed by atoms with Crippen molar-refractivity contribution in [1.29, 1.82) is 0 Å². The van der Waals surface area contributed by atoms with Crippen molar-refractivity contribution < 1.29 is 14.3 Å². The molecule has 0 saturated carbocycles. The lowest BCUT2D eigenvalue weighted by Crippen LogP contribution is -2.27. The second-order valence-corrected chi connectivity index (χ2v) is 7.54. The zero-order valence-electron chi connectivity index (χ0n) is 16.6. The summed E-state index contributed by atoms with van der Waals surface area (Å²) in [5.41, 5.74) is 2.13. The molecule has 0 aliphatic carbocycles. The third-order valence-electron chi connectivity index (χ3n) is 5.16. The van der Waals surface area contributed by atoms with E-state index in [0.717, 1.165) is 25.9 Å². The van der Waals surface area contributed by atoms with Gasteiger partial charge in [-0.2, -0.15) is 0 Å². The minimum Gasteiger partial charge on any atom is -0.496 e. The molecule has 1 aromatic heterocycles. The van der Waals surface area contributed by atoms with Crippen LogP contribution >= 0.6 is 11.6 Å². The highest BCUT2D eigenvalue weighted by molar-refractivity contribution is 6.33. The summed E-state index contributed by atoms with van der Waals surface area (Å²) >= 11 is 6.43. The van der Waals surface area contributed by atoms with Crippen molar-refractivity contribution in [2.24, 2.45) is 0 Å². The van der Waals surface area contributed by atoms with E-state index in [1.807, 2.05) is 34.0 Å². The van der Waals surface area contributed by atoms with E-state index in [1.165, 1.54) is 7.11 Å². The molecular weight excluding hydrogens is 402 g/mol. The zero-order chi connectivity index (χ0) is 21.1. The van der Waals surface area contributed by atoms with Crippen molar-refractivity contribution >= 4 is 29.1 Å². The summed E-state index contributed by atoms with van der Waals surface area (Å²) in [7, 11) is 1.51. The van der Waals surface area contributed by atoms with Crippen LogP contribution in [0, 0.1) is 0 Å². The van der Waals surface area contributed by atoms with Crippen LogP contribution in [0.5, 0.6) is 5.75 Å². The third kappa shape index (κ3) is 4.04. The van der Waals surface area contributed by atoms with Crippen LogP contribution in [0.4, 0.5) is 5.69 Å². The predicted molar refractivity (Wildman–Crippen MR) is 117 cm³/mol. The zero-order valence-corrected chi connectivity index (χ0v) is 17.4. The summed E-state index contributed by atoms with van der Waals surface area (Å²) < 4.78 is 7.28. The van der Waals surface area contributed by atoms with Crippen molar-refractivity contribution in [2.45, 2.75) is 12.8 Å². The van der Waals surface area contributed by atoms with Crippen molar-refractivity contribution in [3.63, 3.8) is 0 Å². The van der Waals surface area contributed by atoms with Gasteiger partial charge < -0.3 is 19.5 Å². The molecule has 1 aliphatic rings. The molecule has 0 spiro atoms. The fraction of sp³-hybridized carbons (Fsp3) is 0.217. The number of aromatic nitrogens is 1. The van der Waals surface area contributed by atoms with Gasteiger partial charge in [0.25, 0.3) is 11.8 Å². The Hall–Kier alpha value is -3.25. The van der Waals surface area contributed by atoms with Crippen LogP contribution in [-0.2, 0) is 0 Å². The second kappa shape index (κ2) is 8.63. The number of carbonyl (C=O) groups is 2. The highest BCUT2D eigenvalue weighted by Gasteiger charge is 2.21. The maximum atomic E-state index is 12.9. The van der Waals surface area contributed by atoms with E-state index in [9.17, 15) is 9.59 Å². The van der Waals surface area contributed by atoms with E-state index in [1.54, 1.807) is 36.4 Å². The molecule has 1 saturated heterocycles. The van der Waals surface area contributed by atoms with Gasteiger partial charge in [0, 0.05) is 42.8 Å². The van der Waals surface area contributed by atoms with Gasteiger partial charge in [0.1, 0.15) is 5.75 Å². The van der Waals surface area contributed by atoms with Crippen LogP contribution in [0.3, 0.4) is 0 Å². The van der Waals surface area contributed by atoms with Crippen molar-refractivity contribution in [3.8, 4) is 11.4 Å². The molecular formula is C23H22ClN3O3. The highest BCUT2D eigenvalue weighted by Crippen LogP contribution is 2.30. The molecule has 6 nitrogen and oxygen atoms in total. The van der Waals surface area contributed by atoms with Gasteiger partial charge in [0.2, 0.25) is 0 Å². The molecule has 1 fully saturated rings. The van der Waals surface area contributed by atoms with Gasteiger partial charge in [-0.05, 0) is 49.2 Å². The number of hydrogen-bond acceptors (Lipinski definition) is 3. The van der Waals surface area contributed by atoms with E-state index >= 15 is 0 Å². The van der Waals surface area contributed by atoms with Gasteiger partial charge in [-0.15, -0.1) is 0 Å². The quantitative estimate of drug-likeness (QED) is 0.650. The summed E-state index contributed by atoms with van der Waals surface area (Å²) in [4.78, 5) is 27.4. The second-order valence-electron chi connectivity index (χ2n) is 7.13. The molecule has 3 aromatic rings. The molecule has 0 radical (unpaired) electrons. The van der Waals surface area contributed by atoms with E-state index in [-0.39, 0.29) is 11.8 Å². The first kappa shape index (κ1) is 20.0. The van der Waals surface area contributed by atoms with Gasteiger partial charge in [-0.25, -0.2) is 0 Å². The Bertz CT molecular complexity index is 1070. The Morgan fingerprint density at radius 3 is 2.47 bits per heavy atom. The maximum absolute atomic E-state index is 12.9. The summed E-state index contributed by atoms with van der Waals surface area (Å²) in [6, 6.07) is 14.1. The van der Waals surface area contributed by atoms with E-state index < -0.39 is 0 Å². The smallest absolute Gasteiger partial charge is 0.259 e. The number of methoxy groups -OCH3 is 1. The van der Waals surface area contributed by atoms with Gasteiger partial charge in [0.15, 0.2) is 0 Å². The largest absolute Gasteiger partial charge is 0.496 e. The maximum Gasteiger partial charge on any atom is 0.259 e. The number of likely N-dealkylation sites (tertiary alicyclic amines) is 1. The molecule has 2 amide bonds. The Morgan fingerprint density at radius 2 is 1.77 bits per heavy atom. The predicted octanol–water partition coefficient (Wildman–Crippen LogP) is 4.63. The number of anilines is 1. The molecule has 1 N–H and O–H groups in total. The van der Waals surface area contributed by atoms with Crippen LogP contribution in [0.15, 0.2) is 60.9 Å². The van der Waals surface area contributed by atoms with E-state index in [2.05, 4.69) is 5.32 Å². The first-order chi connectivity index (χ1) is 14.6. The van der Waals surface area contributed by atoms with Gasteiger partial charge in [0.05, 0.1) is 23.4 Å². The Labute approximate surface area is 180 Å². The molecule has 0 unspecified atom stereocenters. The fourth-order valence-corrected chi connectivity index (χ4v) is 3.87. The lowest BCUT2D eigenvalue weighted by Gasteiger charge is -2.16. The number of rotatable bonds is 5. The number of nitrogens with zero attached hydrogens (tertiary/aromatic N) is 2. The number of hydrogen-bond donors (Lipinski definition) is 1. The SMILES string of the molecule is COc1cc(-n2cccc2)c(Cl)cc1C(=O)Nc1cccc(C(=O)N2CCCC2)c1. The van der Waals surface area contributed by atoms with Gasteiger partial charge in [-0.1, -0.05) is 17.7 Å². The fourth-order valence-electron chi connectivity index (χ4n) is 3.61. The minimum atomic E-state index is -0.362. The van der Waals surface area contributed by atoms with E-state index in [0.29, 0.717) is 33.3 Å². The molecule has 0 atom stereocenters. The Balaban J connectivity index is 1.57. The molecule has 0 bridgehead atoms. The number of amides is 2. The molecule has 7 heteroatoms. The van der Waals surface area contributed by atoms with Gasteiger partial charge in [-0.3, -0.25) is 9.59 Å². The number of ether oxygens (including phenoxy) is 1. The summed E-state index contributed by atoms with van der Waals surface area (Å²) in [6.07, 6.45) is 5.79. The molecule has 2 heterocycles. The minimum absolute atomic E-state index is 0.0136. The molecule has 154 valence electrons. The number of nitrogens with one attached hydrogen (secondary N) is 1. The number of halogens is 1. The average molecular weight is 424 g/mol. The standard InChI is InChI=1S/C23H22ClN3O3/c1-30-21-15-20(26-9-2-3-10-26)19(24)14-18(21)22(28)25-17-8-6-7-16(13-17)23(29)27-11-4-5-12-27/h2-3,6-10,13-15H,4-5,11-12H2,1H3,(H,25,28). The summed E-state index contributed by atoms with van der Waals surface area (Å²) in [5, 5.41) is 3.27. The Kier molecular flexibility index (Phi) is 5.77. The first-order valence-electron chi connectivity index (χ1n) is 9.78. The van der Waals surface area contributed by atoms with Crippen LogP contribution in [0.2, 0.25) is 5.02 Å². The van der Waals surface area contributed by atoms with Crippen molar-refractivity contribution in [2.75, 3.05) is 25.5 Å². The van der Waals surface area contributed by atoms with Crippen molar-refractivity contribution in [3.05, 3.63) is 77.1 Å². The monoisotopic (exact) mass is 423 g/mol. The number of benzene rings is 2.